The molecule has 1 amide bonds. The van der Waals surface area contributed by atoms with Crippen molar-refractivity contribution in [3.05, 3.63) is 28.4 Å². The quantitative estimate of drug-likeness (QED) is 0.634. The van der Waals surface area contributed by atoms with E-state index in [0.717, 1.165) is 38.9 Å². The average Bonchev–Trinajstić information content (AvgIpc) is 3.04. The topological polar surface area (TPSA) is 100 Å². The van der Waals surface area contributed by atoms with E-state index in [0.29, 0.717) is 12.4 Å². The Morgan fingerprint density at radius 3 is 2.78 bits per heavy atom. The molecule has 2 aliphatic rings. The molecule has 1 atom stereocenters. The van der Waals surface area contributed by atoms with Gasteiger partial charge in [-0.15, -0.1) is 0 Å². The second-order valence-corrected chi connectivity index (χ2v) is 6.10. The minimum Gasteiger partial charge on any atom is -0.365 e. The van der Waals surface area contributed by atoms with Crippen LogP contribution in [0.25, 0.3) is 0 Å². The molecule has 0 bridgehead atoms. The lowest BCUT2D eigenvalue weighted by molar-refractivity contribution is -0.385. The van der Waals surface area contributed by atoms with Gasteiger partial charge in [0.05, 0.1) is 4.92 Å². The van der Waals surface area contributed by atoms with Crippen LogP contribution in [0, 0.1) is 16.0 Å². The van der Waals surface area contributed by atoms with Crippen molar-refractivity contribution in [3.63, 3.8) is 0 Å². The van der Waals surface area contributed by atoms with E-state index in [9.17, 15) is 14.9 Å². The summed E-state index contributed by atoms with van der Waals surface area (Å²) >= 11 is 0. The fraction of sp³-hybridized carbons (Fsp3) is 0.600. The van der Waals surface area contributed by atoms with Crippen LogP contribution < -0.4 is 10.6 Å². The molecular weight excluding hydrogens is 298 g/mol. The molecule has 8 heteroatoms. The lowest BCUT2D eigenvalue weighted by Crippen LogP contribution is -2.40. The third-order valence-electron chi connectivity index (χ3n) is 4.50. The van der Waals surface area contributed by atoms with Crippen molar-refractivity contribution in [1.29, 1.82) is 0 Å². The van der Waals surface area contributed by atoms with E-state index in [1.807, 2.05) is 4.90 Å². The smallest absolute Gasteiger partial charge is 0.287 e. The van der Waals surface area contributed by atoms with Crippen molar-refractivity contribution in [1.82, 2.24) is 15.2 Å². The Bertz CT molecular complexity index is 571. The highest BCUT2D eigenvalue weighted by Crippen LogP contribution is 2.21. The van der Waals surface area contributed by atoms with Crippen LogP contribution in [0.2, 0.25) is 0 Å². The molecule has 23 heavy (non-hydrogen) atoms. The summed E-state index contributed by atoms with van der Waals surface area (Å²) in [4.78, 5) is 28.6. The fourth-order valence-electron chi connectivity index (χ4n) is 3.19. The second kappa shape index (κ2) is 6.91. The zero-order valence-corrected chi connectivity index (χ0v) is 12.9. The first kappa shape index (κ1) is 15.7. The molecular formula is C15H21N5O3. The highest BCUT2D eigenvalue weighted by Gasteiger charge is 2.31. The lowest BCUT2D eigenvalue weighted by atomic mass is 9.97. The Morgan fingerprint density at radius 2 is 2.13 bits per heavy atom. The number of pyridine rings is 1. The van der Waals surface area contributed by atoms with Crippen LogP contribution in [0.5, 0.6) is 0 Å². The Balaban J connectivity index is 1.53. The summed E-state index contributed by atoms with van der Waals surface area (Å²) < 4.78 is 0. The summed E-state index contributed by atoms with van der Waals surface area (Å²) in [6, 6.07) is 3.19. The first-order chi connectivity index (χ1) is 11.1. The minimum absolute atomic E-state index is 0.0234. The van der Waals surface area contributed by atoms with Gasteiger partial charge in [-0.2, -0.15) is 0 Å². The molecule has 3 heterocycles. The third kappa shape index (κ3) is 3.76. The highest BCUT2D eigenvalue weighted by atomic mass is 16.6. The maximum absolute atomic E-state index is 12.5. The molecule has 1 unspecified atom stereocenters. The van der Waals surface area contributed by atoms with Crippen LogP contribution in [0.1, 0.15) is 19.3 Å². The van der Waals surface area contributed by atoms with E-state index in [2.05, 4.69) is 15.6 Å². The molecule has 0 spiro atoms. The highest BCUT2D eigenvalue weighted by molar-refractivity contribution is 5.79. The third-order valence-corrected chi connectivity index (χ3v) is 4.50. The summed E-state index contributed by atoms with van der Waals surface area (Å²) in [5.41, 5.74) is -0.0234. The van der Waals surface area contributed by atoms with Crippen molar-refractivity contribution < 1.29 is 9.72 Å². The van der Waals surface area contributed by atoms with Crippen LogP contribution in [0.3, 0.4) is 0 Å². The van der Waals surface area contributed by atoms with Crippen molar-refractivity contribution in [2.45, 2.75) is 25.3 Å². The number of nitrogens with one attached hydrogen (secondary N) is 2. The van der Waals surface area contributed by atoms with Crippen LogP contribution in [0.4, 0.5) is 11.5 Å². The van der Waals surface area contributed by atoms with E-state index in [1.165, 1.54) is 12.3 Å². The molecule has 124 valence electrons. The van der Waals surface area contributed by atoms with Crippen molar-refractivity contribution in [3.8, 4) is 0 Å². The summed E-state index contributed by atoms with van der Waals surface area (Å²) in [5, 5.41) is 17.2. The first-order valence-corrected chi connectivity index (χ1v) is 8.00. The van der Waals surface area contributed by atoms with Gasteiger partial charge in [-0.25, -0.2) is 4.98 Å². The fourth-order valence-corrected chi connectivity index (χ4v) is 3.19. The molecule has 3 rings (SSSR count). The Kier molecular flexibility index (Phi) is 4.71. The summed E-state index contributed by atoms with van der Waals surface area (Å²) in [6.45, 7) is 3.26. The van der Waals surface area contributed by atoms with E-state index < -0.39 is 4.92 Å². The van der Waals surface area contributed by atoms with Gasteiger partial charge in [0.2, 0.25) is 5.91 Å². The predicted molar refractivity (Wildman–Crippen MR) is 85.1 cm³/mol. The van der Waals surface area contributed by atoms with E-state index in [4.69, 9.17) is 0 Å². The van der Waals surface area contributed by atoms with Gasteiger partial charge in [-0.1, -0.05) is 0 Å². The molecule has 1 aromatic heterocycles. The number of amides is 1. The van der Waals surface area contributed by atoms with E-state index in [-0.39, 0.29) is 23.6 Å². The molecule has 2 N–H and O–H groups in total. The zero-order chi connectivity index (χ0) is 16.2. The number of anilines is 1. The van der Waals surface area contributed by atoms with Gasteiger partial charge in [0.15, 0.2) is 0 Å². The Morgan fingerprint density at radius 1 is 1.35 bits per heavy atom. The van der Waals surface area contributed by atoms with Gasteiger partial charge >= 0.3 is 0 Å². The maximum atomic E-state index is 12.5. The molecule has 2 aliphatic heterocycles. The largest absolute Gasteiger partial charge is 0.365 e. The van der Waals surface area contributed by atoms with Crippen molar-refractivity contribution in [2.24, 2.45) is 5.92 Å². The Labute approximate surface area is 134 Å². The molecule has 0 aromatic carbocycles. The lowest BCUT2D eigenvalue weighted by Gasteiger charge is -2.26. The van der Waals surface area contributed by atoms with Gasteiger partial charge in [-0.3, -0.25) is 14.9 Å². The van der Waals surface area contributed by atoms with Crippen LogP contribution in [-0.4, -0.2) is 52.9 Å². The monoisotopic (exact) mass is 319 g/mol. The molecule has 2 fully saturated rings. The van der Waals surface area contributed by atoms with E-state index in [1.54, 1.807) is 6.07 Å². The number of hydrogen-bond acceptors (Lipinski definition) is 6. The summed E-state index contributed by atoms with van der Waals surface area (Å²) in [7, 11) is 0. The predicted octanol–water partition coefficient (Wildman–Crippen LogP) is 1.00. The minimum atomic E-state index is -0.466. The molecule has 8 nitrogen and oxygen atoms in total. The number of carbonyl (C=O) groups is 1. The second-order valence-electron chi connectivity index (χ2n) is 6.10. The molecule has 0 saturated carbocycles. The number of nitrogens with zero attached hydrogens (tertiary/aromatic N) is 3. The van der Waals surface area contributed by atoms with Crippen molar-refractivity contribution in [2.75, 3.05) is 31.5 Å². The van der Waals surface area contributed by atoms with Crippen LogP contribution in [-0.2, 0) is 4.79 Å². The van der Waals surface area contributed by atoms with Crippen LogP contribution in [0.15, 0.2) is 18.3 Å². The molecule has 2 saturated heterocycles. The average molecular weight is 319 g/mol. The zero-order valence-electron chi connectivity index (χ0n) is 12.9. The molecule has 0 aliphatic carbocycles. The number of nitro groups is 1. The number of aromatic nitrogens is 1. The standard InChI is InChI=1S/C15H21N5O3/c21-15(11-3-6-16-7-4-11)19-8-5-12(10-19)18-14-2-1-13(9-17-14)20(22)23/h1-2,9,11-12,16H,3-8,10H2,(H,17,18). The van der Waals surface area contributed by atoms with Gasteiger partial charge in [0.25, 0.3) is 5.69 Å². The number of rotatable bonds is 4. The number of piperidine rings is 1. The molecule has 0 radical (unpaired) electrons. The number of carbonyl (C=O) groups excluding carboxylic acids is 1. The van der Waals surface area contributed by atoms with Gasteiger partial charge < -0.3 is 15.5 Å². The van der Waals surface area contributed by atoms with Gasteiger partial charge in [-0.05, 0) is 38.4 Å². The summed E-state index contributed by atoms with van der Waals surface area (Å²) in [5.74, 6) is 1.01. The normalized spacial score (nSPS) is 22.1. The van der Waals surface area contributed by atoms with E-state index >= 15 is 0 Å². The maximum Gasteiger partial charge on any atom is 0.287 e. The Hall–Kier alpha value is -2.22. The van der Waals surface area contributed by atoms with Gasteiger partial charge in [0.1, 0.15) is 12.0 Å². The number of hydrogen-bond donors (Lipinski definition) is 2. The summed E-state index contributed by atoms with van der Waals surface area (Å²) in [6.07, 6.45) is 3.94. The molecule has 1 aromatic rings. The van der Waals surface area contributed by atoms with Gasteiger partial charge in [0, 0.05) is 31.1 Å². The van der Waals surface area contributed by atoms with Crippen molar-refractivity contribution >= 4 is 17.4 Å². The first-order valence-electron chi connectivity index (χ1n) is 8.00. The SMILES string of the molecule is O=C(C1CCNCC1)N1CCC(Nc2ccc([N+](=O)[O-])cn2)C1. The number of likely N-dealkylation sites (tertiary alicyclic amines) is 1. The van der Waals surface area contributed by atoms with Crippen LogP contribution >= 0.6 is 0 Å².